The number of amides is 2. The molecule has 0 aliphatic heterocycles. The van der Waals surface area contributed by atoms with Crippen LogP contribution in [0.3, 0.4) is 0 Å². The van der Waals surface area contributed by atoms with E-state index in [1.165, 1.54) is 0 Å². The van der Waals surface area contributed by atoms with Crippen molar-refractivity contribution >= 4 is 23.3 Å². The molecule has 1 atom stereocenters. The summed E-state index contributed by atoms with van der Waals surface area (Å²) in [5.74, 6) is -1.16. The molecular weight excluding hydrogens is 264 g/mol. The van der Waals surface area contributed by atoms with Crippen LogP contribution in [0.15, 0.2) is 17.5 Å². The number of rotatable bonds is 6. The summed E-state index contributed by atoms with van der Waals surface area (Å²) in [6, 6.07) is 2.69. The third-order valence-corrected chi connectivity index (χ3v) is 3.67. The van der Waals surface area contributed by atoms with Crippen LogP contribution in [0.5, 0.6) is 0 Å². The molecule has 0 aliphatic rings. The highest BCUT2D eigenvalue weighted by Gasteiger charge is 2.25. The van der Waals surface area contributed by atoms with Gasteiger partial charge < -0.3 is 15.3 Å². The fourth-order valence-corrected chi connectivity index (χ4v) is 2.38. The molecule has 0 aromatic carbocycles. The minimum atomic E-state index is -1.00. The molecule has 0 saturated heterocycles. The maximum absolute atomic E-state index is 12.1. The summed E-state index contributed by atoms with van der Waals surface area (Å²) in [4.78, 5) is 25.8. The number of nitrogens with one attached hydrogen (secondary N) is 1. The van der Waals surface area contributed by atoms with Crippen LogP contribution in [-0.4, -0.2) is 34.6 Å². The van der Waals surface area contributed by atoms with Gasteiger partial charge in [0.25, 0.3) is 0 Å². The average Bonchev–Trinajstić information content (AvgIpc) is 2.84. The number of urea groups is 1. The quantitative estimate of drug-likeness (QED) is 0.842. The van der Waals surface area contributed by atoms with E-state index in [1.807, 2.05) is 24.4 Å². The summed E-state index contributed by atoms with van der Waals surface area (Å²) in [6.07, 6.45) is 0. The SMILES string of the molecule is CCN(Cc1cccs1)C(=O)NC(C(=O)O)C(C)C. The van der Waals surface area contributed by atoms with Gasteiger partial charge >= 0.3 is 12.0 Å². The van der Waals surface area contributed by atoms with Gasteiger partial charge in [-0.2, -0.15) is 0 Å². The Morgan fingerprint density at radius 3 is 2.58 bits per heavy atom. The highest BCUT2D eigenvalue weighted by atomic mass is 32.1. The average molecular weight is 284 g/mol. The summed E-state index contributed by atoms with van der Waals surface area (Å²) >= 11 is 1.58. The molecule has 0 radical (unpaired) electrons. The number of nitrogens with zero attached hydrogens (tertiary/aromatic N) is 1. The van der Waals surface area contributed by atoms with Crippen LogP contribution in [0.25, 0.3) is 0 Å². The third-order valence-electron chi connectivity index (χ3n) is 2.81. The molecular formula is C13H20N2O3S. The molecule has 2 N–H and O–H groups in total. The van der Waals surface area contributed by atoms with Gasteiger partial charge in [-0.25, -0.2) is 9.59 Å². The Kier molecular flexibility index (Phi) is 5.82. The molecule has 19 heavy (non-hydrogen) atoms. The summed E-state index contributed by atoms with van der Waals surface area (Å²) < 4.78 is 0. The highest BCUT2D eigenvalue weighted by Crippen LogP contribution is 2.12. The van der Waals surface area contributed by atoms with Crippen molar-refractivity contribution < 1.29 is 14.7 Å². The molecule has 1 rings (SSSR count). The van der Waals surface area contributed by atoms with Gasteiger partial charge in [-0.3, -0.25) is 0 Å². The number of carbonyl (C=O) groups excluding carboxylic acids is 1. The molecule has 0 fully saturated rings. The second-order valence-electron chi connectivity index (χ2n) is 4.60. The lowest BCUT2D eigenvalue weighted by atomic mass is 10.1. The monoisotopic (exact) mass is 284 g/mol. The van der Waals surface area contributed by atoms with Gasteiger partial charge in [0.05, 0.1) is 6.54 Å². The second kappa shape index (κ2) is 7.13. The van der Waals surface area contributed by atoms with Crippen molar-refractivity contribution in [2.75, 3.05) is 6.54 Å². The fourth-order valence-electron chi connectivity index (χ4n) is 1.66. The highest BCUT2D eigenvalue weighted by molar-refractivity contribution is 7.09. The normalized spacial score (nSPS) is 12.2. The van der Waals surface area contributed by atoms with Crippen molar-refractivity contribution in [3.05, 3.63) is 22.4 Å². The van der Waals surface area contributed by atoms with E-state index in [4.69, 9.17) is 5.11 Å². The molecule has 0 saturated carbocycles. The van der Waals surface area contributed by atoms with Gasteiger partial charge in [-0.1, -0.05) is 19.9 Å². The number of aliphatic carboxylic acids is 1. The van der Waals surface area contributed by atoms with Gasteiger partial charge in [0, 0.05) is 11.4 Å². The van der Waals surface area contributed by atoms with Crippen LogP contribution in [0, 0.1) is 5.92 Å². The van der Waals surface area contributed by atoms with E-state index >= 15 is 0 Å². The number of hydrogen-bond acceptors (Lipinski definition) is 3. The van der Waals surface area contributed by atoms with Crippen molar-refractivity contribution in [3.8, 4) is 0 Å². The minimum Gasteiger partial charge on any atom is -0.480 e. The third kappa shape index (κ3) is 4.55. The van der Waals surface area contributed by atoms with Gasteiger partial charge in [-0.15, -0.1) is 11.3 Å². The zero-order valence-electron chi connectivity index (χ0n) is 11.4. The Balaban J connectivity index is 2.65. The van der Waals surface area contributed by atoms with Crippen LogP contribution in [0.2, 0.25) is 0 Å². The molecule has 106 valence electrons. The maximum atomic E-state index is 12.1. The molecule has 5 nitrogen and oxygen atoms in total. The standard InChI is InChI=1S/C13H20N2O3S/c1-4-15(8-10-6-5-7-19-10)13(18)14-11(9(2)3)12(16)17/h5-7,9,11H,4,8H2,1-3H3,(H,14,18)(H,16,17). The Labute approximate surface area is 117 Å². The molecule has 0 aliphatic carbocycles. The zero-order valence-corrected chi connectivity index (χ0v) is 12.2. The lowest BCUT2D eigenvalue weighted by molar-refractivity contribution is -0.140. The van der Waals surface area contributed by atoms with Crippen molar-refractivity contribution in [2.45, 2.75) is 33.4 Å². The summed E-state index contributed by atoms with van der Waals surface area (Å²) in [7, 11) is 0. The molecule has 1 unspecified atom stereocenters. The van der Waals surface area contributed by atoms with Gasteiger partial charge in [0.15, 0.2) is 0 Å². The number of carbonyl (C=O) groups is 2. The van der Waals surface area contributed by atoms with Crippen molar-refractivity contribution in [1.82, 2.24) is 10.2 Å². The fraction of sp³-hybridized carbons (Fsp3) is 0.538. The Morgan fingerprint density at radius 2 is 2.16 bits per heavy atom. The first-order chi connectivity index (χ1) is 8.95. The van der Waals surface area contributed by atoms with E-state index in [1.54, 1.807) is 30.1 Å². The van der Waals surface area contributed by atoms with Crippen LogP contribution < -0.4 is 5.32 Å². The van der Waals surface area contributed by atoms with E-state index in [9.17, 15) is 9.59 Å². The number of carboxylic acids is 1. The van der Waals surface area contributed by atoms with E-state index in [2.05, 4.69) is 5.32 Å². The van der Waals surface area contributed by atoms with E-state index < -0.39 is 12.0 Å². The topological polar surface area (TPSA) is 69.6 Å². The molecule has 0 bridgehead atoms. The van der Waals surface area contributed by atoms with Crippen LogP contribution in [0.1, 0.15) is 25.6 Å². The lowest BCUT2D eigenvalue weighted by Gasteiger charge is -2.25. The Bertz CT molecular complexity index is 418. The summed E-state index contributed by atoms with van der Waals surface area (Å²) in [6.45, 7) is 6.46. The first-order valence-corrected chi connectivity index (χ1v) is 7.14. The molecule has 1 heterocycles. The Hall–Kier alpha value is -1.56. The number of carboxylic acid groups (broad SMARTS) is 1. The van der Waals surface area contributed by atoms with E-state index in [0.717, 1.165) is 4.88 Å². The molecule has 0 spiro atoms. The summed E-state index contributed by atoms with van der Waals surface area (Å²) in [5.41, 5.74) is 0. The van der Waals surface area contributed by atoms with Crippen LogP contribution in [-0.2, 0) is 11.3 Å². The van der Waals surface area contributed by atoms with E-state index in [-0.39, 0.29) is 11.9 Å². The second-order valence-corrected chi connectivity index (χ2v) is 5.64. The number of hydrogen-bond donors (Lipinski definition) is 2. The van der Waals surface area contributed by atoms with Crippen molar-refractivity contribution in [1.29, 1.82) is 0 Å². The van der Waals surface area contributed by atoms with Gasteiger partial charge in [0.2, 0.25) is 0 Å². The van der Waals surface area contributed by atoms with Gasteiger partial charge in [-0.05, 0) is 24.3 Å². The van der Waals surface area contributed by atoms with Crippen LogP contribution >= 0.6 is 11.3 Å². The largest absolute Gasteiger partial charge is 0.480 e. The van der Waals surface area contributed by atoms with Gasteiger partial charge in [0.1, 0.15) is 6.04 Å². The van der Waals surface area contributed by atoms with Crippen molar-refractivity contribution in [2.24, 2.45) is 5.92 Å². The molecule has 2 amide bonds. The Morgan fingerprint density at radius 1 is 1.47 bits per heavy atom. The van der Waals surface area contributed by atoms with Crippen molar-refractivity contribution in [3.63, 3.8) is 0 Å². The minimum absolute atomic E-state index is 0.151. The molecule has 1 aromatic rings. The predicted octanol–water partition coefficient (Wildman–Crippen LogP) is 2.39. The lowest BCUT2D eigenvalue weighted by Crippen LogP contribution is -2.49. The first-order valence-electron chi connectivity index (χ1n) is 6.26. The smallest absolute Gasteiger partial charge is 0.326 e. The van der Waals surface area contributed by atoms with Crippen LogP contribution in [0.4, 0.5) is 4.79 Å². The first kappa shape index (κ1) is 15.5. The number of thiophene rings is 1. The van der Waals surface area contributed by atoms with E-state index in [0.29, 0.717) is 13.1 Å². The predicted molar refractivity (Wildman–Crippen MR) is 75.2 cm³/mol. The molecule has 1 aromatic heterocycles. The molecule has 6 heteroatoms. The maximum Gasteiger partial charge on any atom is 0.326 e. The zero-order chi connectivity index (χ0) is 14.4. The summed E-state index contributed by atoms with van der Waals surface area (Å²) in [5, 5.41) is 13.6.